The molecule has 0 saturated heterocycles. The zero-order valence-corrected chi connectivity index (χ0v) is 15.1. The smallest absolute Gasteiger partial charge is 0.342 e. The lowest BCUT2D eigenvalue weighted by molar-refractivity contribution is -0.132. The van der Waals surface area contributed by atoms with Crippen LogP contribution in [-0.4, -0.2) is 35.4 Å². The van der Waals surface area contributed by atoms with Crippen molar-refractivity contribution in [3.05, 3.63) is 46.7 Å². The van der Waals surface area contributed by atoms with Crippen molar-refractivity contribution in [3.63, 3.8) is 0 Å². The third-order valence-electron chi connectivity index (χ3n) is 4.45. The largest absolute Gasteiger partial charge is 0.500 e. The summed E-state index contributed by atoms with van der Waals surface area (Å²) in [6, 6.07) is 1.55. The number of amides is 1. The van der Waals surface area contributed by atoms with Gasteiger partial charge >= 0.3 is 5.97 Å². The fourth-order valence-corrected chi connectivity index (χ4v) is 3.24. The molecule has 0 radical (unpaired) electrons. The highest BCUT2D eigenvalue weighted by molar-refractivity contribution is 6.23. The number of ether oxygens (including phenoxy) is 1. The molecule has 1 amide bonds. The molecular formula is C19H21F2NO5. The fourth-order valence-electron chi connectivity index (χ4n) is 3.24. The minimum absolute atomic E-state index is 0.107. The Bertz CT molecular complexity index is 791. The first-order chi connectivity index (χ1) is 12.7. The van der Waals surface area contributed by atoms with Crippen LogP contribution in [0, 0.1) is 11.6 Å². The second-order valence-electron chi connectivity index (χ2n) is 6.38. The summed E-state index contributed by atoms with van der Waals surface area (Å²) in [5, 5.41) is 11.9. The SMILES string of the molecule is CCO/C=C(\C(=O)O)C(=O)c1cc(F)c(C2CCC(NC(C)=O)C2)cc1F. The number of Topliss-reactive ketones (excluding diaryl/α,β-unsaturated/α-hetero) is 1. The van der Waals surface area contributed by atoms with E-state index in [-0.39, 0.29) is 30.0 Å². The van der Waals surface area contributed by atoms with Crippen LogP contribution in [0.4, 0.5) is 8.78 Å². The van der Waals surface area contributed by atoms with Gasteiger partial charge in [0.25, 0.3) is 0 Å². The third kappa shape index (κ3) is 4.90. The molecule has 1 aliphatic carbocycles. The minimum Gasteiger partial charge on any atom is -0.500 e. The van der Waals surface area contributed by atoms with Crippen molar-refractivity contribution in [3.8, 4) is 0 Å². The van der Waals surface area contributed by atoms with Crippen molar-refractivity contribution in [1.29, 1.82) is 0 Å². The van der Waals surface area contributed by atoms with Gasteiger partial charge in [-0.25, -0.2) is 13.6 Å². The van der Waals surface area contributed by atoms with Gasteiger partial charge in [-0.15, -0.1) is 0 Å². The van der Waals surface area contributed by atoms with Gasteiger partial charge in [0.2, 0.25) is 11.7 Å². The van der Waals surface area contributed by atoms with Gasteiger partial charge in [0.05, 0.1) is 12.2 Å². The second kappa shape index (κ2) is 8.75. The van der Waals surface area contributed by atoms with Crippen molar-refractivity contribution >= 4 is 17.7 Å². The number of carboxylic acids is 1. The molecule has 0 spiro atoms. The second-order valence-corrected chi connectivity index (χ2v) is 6.38. The maximum absolute atomic E-state index is 14.5. The summed E-state index contributed by atoms with van der Waals surface area (Å²) in [7, 11) is 0. The Hall–Kier alpha value is -2.77. The van der Waals surface area contributed by atoms with Crippen molar-refractivity contribution in [2.45, 2.75) is 45.1 Å². The number of hydrogen-bond donors (Lipinski definition) is 2. The molecule has 1 saturated carbocycles. The number of halogens is 2. The summed E-state index contributed by atoms with van der Waals surface area (Å²) >= 11 is 0. The summed E-state index contributed by atoms with van der Waals surface area (Å²) in [4.78, 5) is 34.6. The van der Waals surface area contributed by atoms with Gasteiger partial charge in [-0.05, 0) is 49.8 Å². The Morgan fingerprint density at radius 1 is 1.26 bits per heavy atom. The van der Waals surface area contributed by atoms with Crippen LogP contribution in [-0.2, 0) is 14.3 Å². The van der Waals surface area contributed by atoms with Gasteiger partial charge in [0, 0.05) is 13.0 Å². The van der Waals surface area contributed by atoms with E-state index in [0.717, 1.165) is 18.4 Å². The van der Waals surface area contributed by atoms with Crippen molar-refractivity contribution in [1.82, 2.24) is 5.32 Å². The summed E-state index contributed by atoms with van der Waals surface area (Å²) in [5.74, 6) is -5.01. The summed E-state index contributed by atoms with van der Waals surface area (Å²) in [6.45, 7) is 3.10. The maximum Gasteiger partial charge on any atom is 0.342 e. The molecule has 1 aromatic rings. The summed E-state index contributed by atoms with van der Waals surface area (Å²) in [5.41, 5.74) is -1.34. The predicted molar refractivity (Wildman–Crippen MR) is 92.2 cm³/mol. The Balaban J connectivity index is 2.28. The number of carbonyl (C=O) groups is 3. The van der Waals surface area contributed by atoms with Crippen LogP contribution in [0.5, 0.6) is 0 Å². The zero-order valence-electron chi connectivity index (χ0n) is 15.1. The molecule has 6 nitrogen and oxygen atoms in total. The van der Waals surface area contributed by atoms with Gasteiger partial charge < -0.3 is 15.2 Å². The molecule has 27 heavy (non-hydrogen) atoms. The molecule has 1 aromatic carbocycles. The number of carboxylic acid groups (broad SMARTS) is 1. The first-order valence-corrected chi connectivity index (χ1v) is 8.60. The number of benzene rings is 1. The maximum atomic E-state index is 14.5. The third-order valence-corrected chi connectivity index (χ3v) is 4.45. The average molecular weight is 381 g/mol. The first kappa shape index (κ1) is 20.5. The highest BCUT2D eigenvalue weighted by Crippen LogP contribution is 2.36. The zero-order chi connectivity index (χ0) is 20.1. The van der Waals surface area contributed by atoms with Gasteiger partial charge in [-0.2, -0.15) is 0 Å². The summed E-state index contributed by atoms with van der Waals surface area (Å²) in [6.07, 6.45) is 2.41. The van der Waals surface area contributed by atoms with Gasteiger partial charge in [0.15, 0.2) is 0 Å². The van der Waals surface area contributed by atoms with E-state index in [9.17, 15) is 23.2 Å². The Morgan fingerprint density at radius 3 is 2.56 bits per heavy atom. The molecule has 1 aliphatic rings. The Morgan fingerprint density at radius 2 is 1.96 bits per heavy atom. The molecule has 0 aliphatic heterocycles. The lowest BCUT2D eigenvalue weighted by atomic mass is 9.93. The van der Waals surface area contributed by atoms with E-state index in [0.29, 0.717) is 19.3 Å². The van der Waals surface area contributed by atoms with Crippen LogP contribution in [0.3, 0.4) is 0 Å². The average Bonchev–Trinajstić information content (AvgIpc) is 3.03. The predicted octanol–water partition coefficient (Wildman–Crippen LogP) is 2.92. The summed E-state index contributed by atoms with van der Waals surface area (Å²) < 4.78 is 33.8. The van der Waals surface area contributed by atoms with E-state index in [1.165, 1.54) is 6.92 Å². The highest BCUT2D eigenvalue weighted by atomic mass is 19.1. The van der Waals surface area contributed by atoms with E-state index in [4.69, 9.17) is 9.84 Å². The number of carbonyl (C=O) groups excluding carboxylic acids is 2. The molecule has 0 heterocycles. The number of ketones is 1. The lowest BCUT2D eigenvalue weighted by Crippen LogP contribution is -2.30. The van der Waals surface area contributed by atoms with Crippen molar-refractivity contribution in [2.24, 2.45) is 0 Å². The van der Waals surface area contributed by atoms with E-state index in [2.05, 4.69) is 5.32 Å². The minimum atomic E-state index is -1.59. The van der Waals surface area contributed by atoms with E-state index in [1.807, 2.05) is 0 Å². The molecule has 2 N–H and O–H groups in total. The van der Waals surface area contributed by atoms with Crippen LogP contribution in [0.1, 0.15) is 54.9 Å². The molecule has 2 rings (SSSR count). The molecule has 146 valence electrons. The molecule has 0 bridgehead atoms. The van der Waals surface area contributed by atoms with Gasteiger partial charge in [-0.3, -0.25) is 9.59 Å². The molecule has 2 atom stereocenters. The number of aliphatic carboxylic acids is 1. The van der Waals surface area contributed by atoms with Gasteiger partial charge in [0.1, 0.15) is 23.5 Å². The van der Waals surface area contributed by atoms with Crippen molar-refractivity contribution in [2.75, 3.05) is 6.61 Å². The van der Waals surface area contributed by atoms with E-state index in [1.54, 1.807) is 6.92 Å². The highest BCUT2D eigenvalue weighted by Gasteiger charge is 2.30. The van der Waals surface area contributed by atoms with Crippen molar-refractivity contribution < 1.29 is 33.0 Å². The Kier molecular flexibility index (Phi) is 6.65. The van der Waals surface area contributed by atoms with Crippen LogP contribution in [0.15, 0.2) is 24.0 Å². The number of hydrogen-bond acceptors (Lipinski definition) is 4. The van der Waals surface area contributed by atoms with Crippen LogP contribution < -0.4 is 5.32 Å². The normalized spacial score (nSPS) is 19.6. The first-order valence-electron chi connectivity index (χ1n) is 8.60. The number of nitrogens with one attached hydrogen (secondary N) is 1. The van der Waals surface area contributed by atoms with Crippen LogP contribution in [0.2, 0.25) is 0 Å². The molecule has 2 unspecified atom stereocenters. The molecular weight excluding hydrogens is 360 g/mol. The molecule has 8 heteroatoms. The fraction of sp³-hybridized carbons (Fsp3) is 0.421. The topological polar surface area (TPSA) is 92.7 Å². The quantitative estimate of drug-likeness (QED) is 0.249. The molecule has 0 aromatic heterocycles. The van der Waals surface area contributed by atoms with E-state index < -0.39 is 34.5 Å². The number of rotatable bonds is 7. The van der Waals surface area contributed by atoms with E-state index >= 15 is 0 Å². The Labute approximate surface area is 155 Å². The van der Waals surface area contributed by atoms with Crippen LogP contribution in [0.25, 0.3) is 0 Å². The van der Waals surface area contributed by atoms with Crippen LogP contribution >= 0.6 is 0 Å². The standard InChI is InChI=1S/C19H21F2NO5/c1-3-27-9-15(19(25)26)18(24)14-8-16(20)13(7-17(14)21)11-4-5-12(6-11)22-10(2)23/h7-9,11-12H,3-6H2,1-2H3,(H,22,23)(H,25,26)/b15-9-. The monoisotopic (exact) mass is 381 g/mol. The molecule has 1 fully saturated rings. The lowest BCUT2D eigenvalue weighted by Gasteiger charge is -2.14. The van der Waals surface area contributed by atoms with Gasteiger partial charge in [-0.1, -0.05) is 0 Å².